The van der Waals surface area contributed by atoms with E-state index < -0.39 is 23.9 Å². The maximum absolute atomic E-state index is 13.6. The number of aliphatic carboxylic acids is 4. The third-order valence-corrected chi connectivity index (χ3v) is 10.5. The number of piperazine rings is 1. The highest BCUT2D eigenvalue weighted by Gasteiger charge is 2.30. The summed E-state index contributed by atoms with van der Waals surface area (Å²) < 4.78 is 27.2. The molecule has 2 heterocycles. The zero-order valence-corrected chi connectivity index (χ0v) is 31.7. The van der Waals surface area contributed by atoms with Gasteiger partial charge >= 0.3 is 23.9 Å². The lowest BCUT2D eigenvalue weighted by Gasteiger charge is -2.40. The molecule has 0 radical (unpaired) electrons. The Morgan fingerprint density at radius 3 is 1.70 bits per heavy atom. The number of carbonyl (C=O) groups is 4. The molecule has 4 aromatic carbocycles. The molecule has 0 bridgehead atoms. The summed E-state index contributed by atoms with van der Waals surface area (Å²) in [6, 6.07) is 28.9. The maximum atomic E-state index is 13.6. The molecule has 1 saturated heterocycles. The Hall–Kier alpha value is -5.34. The fourth-order valence-corrected chi connectivity index (χ4v) is 7.72. The quantitative estimate of drug-likeness (QED) is 0.109. The Morgan fingerprint density at radius 2 is 1.20 bits per heavy atom. The first-order chi connectivity index (χ1) is 26.8. The summed E-state index contributed by atoms with van der Waals surface area (Å²) in [5.41, 5.74) is 4.88. The van der Waals surface area contributed by atoms with Crippen LogP contribution < -0.4 is 0 Å². The predicted molar refractivity (Wildman–Crippen MR) is 209 cm³/mol. The average molecular weight is 807 g/mol. The summed E-state index contributed by atoms with van der Waals surface area (Å²) in [5, 5.41) is 32.0. The van der Waals surface area contributed by atoms with E-state index in [1.807, 2.05) is 42.1 Å². The molecule has 2 aliphatic heterocycles. The Bertz CT molecular complexity index is 1910. The van der Waals surface area contributed by atoms with E-state index in [1.54, 1.807) is 0 Å². The van der Waals surface area contributed by atoms with Crippen molar-refractivity contribution in [3.05, 3.63) is 154 Å². The Kier molecular flexibility index (Phi) is 16.8. The Morgan fingerprint density at radius 1 is 0.696 bits per heavy atom. The van der Waals surface area contributed by atoms with Crippen LogP contribution in [-0.2, 0) is 25.6 Å². The van der Waals surface area contributed by atoms with E-state index in [4.69, 9.17) is 32.0 Å². The topological polar surface area (TPSA) is 156 Å². The zero-order valence-electron chi connectivity index (χ0n) is 30.1. The van der Waals surface area contributed by atoms with Gasteiger partial charge in [-0.15, -0.1) is 0 Å². The monoisotopic (exact) mass is 806 g/mol. The molecular weight excluding hydrogens is 766 g/mol. The number of carboxylic acid groups (broad SMARTS) is 4. The fourth-order valence-electron chi connectivity index (χ4n) is 6.43. The molecule has 14 heteroatoms. The smallest absolute Gasteiger partial charge is 0.328 e. The maximum Gasteiger partial charge on any atom is 0.328 e. The highest BCUT2D eigenvalue weighted by Crippen LogP contribution is 2.44. The number of nitrogens with zero attached hydrogens (tertiary/aromatic N) is 2. The van der Waals surface area contributed by atoms with E-state index in [9.17, 15) is 28.0 Å². The minimum absolute atomic E-state index is 0.118. The lowest BCUT2D eigenvalue weighted by Crippen LogP contribution is -2.48. The summed E-state index contributed by atoms with van der Waals surface area (Å²) in [6.45, 7) is 5.10. The van der Waals surface area contributed by atoms with Crippen molar-refractivity contribution in [2.24, 2.45) is 0 Å². The predicted octanol–water partition coefficient (Wildman–Crippen LogP) is 8.02. The van der Waals surface area contributed by atoms with Crippen molar-refractivity contribution >= 4 is 47.2 Å². The molecule has 0 amide bonds. The summed E-state index contributed by atoms with van der Waals surface area (Å²) in [4.78, 5) is 46.0. The molecule has 56 heavy (non-hydrogen) atoms. The number of rotatable bonds is 11. The van der Waals surface area contributed by atoms with Crippen LogP contribution in [0.15, 0.2) is 125 Å². The molecular formula is C42H41ClF2N2O8S. The highest BCUT2D eigenvalue weighted by molar-refractivity contribution is 7.99. The van der Waals surface area contributed by atoms with Crippen molar-refractivity contribution in [1.29, 1.82) is 0 Å². The molecule has 0 spiro atoms. The molecule has 4 N–H and O–H groups in total. The summed E-state index contributed by atoms with van der Waals surface area (Å²) >= 11 is 8.34. The van der Waals surface area contributed by atoms with Gasteiger partial charge in [-0.2, -0.15) is 0 Å². The number of benzene rings is 4. The van der Waals surface area contributed by atoms with Crippen LogP contribution in [0.2, 0.25) is 5.02 Å². The van der Waals surface area contributed by atoms with E-state index in [0.717, 1.165) is 68.1 Å². The number of fused-ring (bicyclic) bond motifs is 2. The Labute approximate surface area is 332 Å². The fraction of sp³-hybridized carbons (Fsp3) is 0.238. The van der Waals surface area contributed by atoms with Crippen LogP contribution in [0.1, 0.15) is 47.1 Å². The molecule has 0 saturated carbocycles. The molecule has 1 atom stereocenters. The van der Waals surface area contributed by atoms with Crippen molar-refractivity contribution in [3.63, 3.8) is 0 Å². The van der Waals surface area contributed by atoms with Crippen LogP contribution in [0.4, 0.5) is 8.78 Å². The number of hydrogen-bond acceptors (Lipinski definition) is 7. The van der Waals surface area contributed by atoms with E-state index in [-0.39, 0.29) is 17.6 Å². The standard InChI is InChI=1S/C34H33ClF2N2S.2C4H4O4/c35-27-11-16-34-31(23-27)32(22-26-4-1-2-6-33(26)40-34)39-20-18-38(19-21-39)17-3-5-30(24-7-12-28(36)13-8-24)25-9-14-29(37)15-10-25;2*5-3(6)1-2-4(7)8/h1-2,4,6-16,23,30,32H,3,5,17-22H2;2*1-2H,(H,5,6)(H,7,8)/b;2*2-1+. The van der Waals surface area contributed by atoms with Crippen molar-refractivity contribution in [2.45, 2.75) is 41.0 Å². The molecule has 0 aromatic heterocycles. The van der Waals surface area contributed by atoms with Gasteiger partial charge in [0.15, 0.2) is 0 Å². The summed E-state index contributed by atoms with van der Waals surface area (Å²) in [5.74, 6) is -5.38. The normalized spacial score (nSPS) is 15.5. The first-order valence-electron chi connectivity index (χ1n) is 17.6. The van der Waals surface area contributed by atoms with Crippen LogP contribution in [-0.4, -0.2) is 86.8 Å². The van der Waals surface area contributed by atoms with E-state index in [2.05, 4.69) is 46.2 Å². The second-order valence-electron chi connectivity index (χ2n) is 12.8. The van der Waals surface area contributed by atoms with E-state index in [1.165, 1.54) is 45.2 Å². The van der Waals surface area contributed by atoms with Crippen LogP contribution >= 0.6 is 23.4 Å². The minimum Gasteiger partial charge on any atom is -0.478 e. The van der Waals surface area contributed by atoms with Gasteiger partial charge < -0.3 is 25.3 Å². The number of carboxylic acids is 4. The van der Waals surface area contributed by atoms with E-state index in [0.29, 0.717) is 30.3 Å². The third-order valence-electron chi connectivity index (χ3n) is 9.03. The van der Waals surface area contributed by atoms with Crippen molar-refractivity contribution in [1.82, 2.24) is 9.80 Å². The van der Waals surface area contributed by atoms with Crippen LogP contribution in [0.3, 0.4) is 0 Å². The van der Waals surface area contributed by atoms with Crippen molar-refractivity contribution in [2.75, 3.05) is 32.7 Å². The third kappa shape index (κ3) is 14.1. The van der Waals surface area contributed by atoms with Gasteiger partial charge in [0.1, 0.15) is 11.6 Å². The van der Waals surface area contributed by atoms with Crippen LogP contribution in [0.5, 0.6) is 0 Å². The van der Waals surface area contributed by atoms with Gasteiger partial charge in [-0.05, 0) is 96.6 Å². The SMILES string of the molecule is Fc1ccc(C(CCCN2CCN(C3Cc4ccccc4Sc4ccc(Cl)cc43)CC2)c2ccc(F)cc2)cc1.O=C(O)/C=C/C(=O)O.O=C(O)/C=C/C(=O)O. The van der Waals surface area contributed by atoms with Crippen molar-refractivity contribution in [3.8, 4) is 0 Å². The highest BCUT2D eigenvalue weighted by atomic mass is 35.5. The molecule has 4 aromatic rings. The van der Waals surface area contributed by atoms with Crippen molar-refractivity contribution < 1.29 is 48.4 Å². The van der Waals surface area contributed by atoms with Gasteiger partial charge in [0.05, 0.1) is 0 Å². The summed E-state index contributed by atoms with van der Waals surface area (Å²) in [7, 11) is 0. The lowest BCUT2D eigenvalue weighted by molar-refractivity contribution is -0.134. The molecule has 10 nitrogen and oxygen atoms in total. The first-order valence-corrected chi connectivity index (χ1v) is 18.8. The van der Waals surface area contributed by atoms with E-state index >= 15 is 0 Å². The molecule has 0 aliphatic carbocycles. The first kappa shape index (κ1) is 43.4. The largest absolute Gasteiger partial charge is 0.478 e. The second-order valence-corrected chi connectivity index (χ2v) is 14.3. The van der Waals surface area contributed by atoms with Crippen LogP contribution in [0.25, 0.3) is 0 Å². The molecule has 6 rings (SSSR count). The van der Waals surface area contributed by atoms with Gasteiger partial charge in [0.2, 0.25) is 0 Å². The molecule has 294 valence electrons. The zero-order chi connectivity index (χ0) is 40.6. The van der Waals surface area contributed by atoms with Gasteiger partial charge in [0.25, 0.3) is 0 Å². The molecule has 2 aliphatic rings. The molecule has 1 fully saturated rings. The minimum atomic E-state index is -1.26. The number of halogens is 3. The average Bonchev–Trinajstić information content (AvgIpc) is 3.33. The van der Waals surface area contributed by atoms with Gasteiger partial charge in [-0.1, -0.05) is 65.8 Å². The van der Waals surface area contributed by atoms with Crippen LogP contribution in [0, 0.1) is 11.6 Å². The van der Waals surface area contributed by atoms with Gasteiger partial charge in [0, 0.05) is 77.3 Å². The summed E-state index contributed by atoms with van der Waals surface area (Å²) in [6.07, 6.45) is 5.17. The van der Waals surface area contributed by atoms with Gasteiger partial charge in [-0.3, -0.25) is 4.90 Å². The lowest BCUT2D eigenvalue weighted by atomic mass is 9.87. The van der Waals surface area contributed by atoms with Gasteiger partial charge in [-0.25, -0.2) is 28.0 Å². The molecule has 1 unspecified atom stereocenters. The number of hydrogen-bond donors (Lipinski definition) is 4. The second kappa shape index (κ2) is 21.7. The Balaban J connectivity index is 0.000000366.